The van der Waals surface area contributed by atoms with Crippen LogP contribution in [-0.2, 0) is 0 Å². The summed E-state index contributed by atoms with van der Waals surface area (Å²) >= 11 is 0. The van der Waals surface area contributed by atoms with Crippen molar-refractivity contribution in [3.05, 3.63) is 59.3 Å². The summed E-state index contributed by atoms with van der Waals surface area (Å²) in [7, 11) is 1.35. The van der Waals surface area contributed by atoms with E-state index >= 15 is 0 Å². The third-order valence-corrected chi connectivity index (χ3v) is 2.41. The largest absolute Gasteiger partial charge is 0.480 e. The minimum Gasteiger partial charge on any atom is -0.480 e. The van der Waals surface area contributed by atoms with Gasteiger partial charge in [-0.2, -0.15) is 0 Å². The topological polar surface area (TPSA) is 39.2 Å². The number of pyridine rings is 1. The zero-order valence-electron chi connectivity index (χ0n) is 9.48. The zero-order valence-corrected chi connectivity index (χ0v) is 9.48. The molecule has 0 saturated carbocycles. The summed E-state index contributed by atoms with van der Waals surface area (Å²) in [4.78, 5) is 15.9. The smallest absolute Gasteiger partial charge is 0.224 e. The van der Waals surface area contributed by atoms with E-state index in [1.165, 1.54) is 37.6 Å². The van der Waals surface area contributed by atoms with Gasteiger partial charge in [0.1, 0.15) is 0 Å². The van der Waals surface area contributed by atoms with E-state index in [-0.39, 0.29) is 17.0 Å². The Balaban J connectivity index is 2.52. The number of carbonyl (C=O) groups excluding carboxylic acids is 1. The van der Waals surface area contributed by atoms with Gasteiger partial charge in [-0.25, -0.2) is 13.8 Å². The molecule has 2 aromatic rings. The second-order valence-electron chi connectivity index (χ2n) is 3.49. The second kappa shape index (κ2) is 4.91. The predicted molar refractivity (Wildman–Crippen MR) is 60.6 cm³/mol. The van der Waals surface area contributed by atoms with E-state index < -0.39 is 17.4 Å². The fraction of sp³-hybridized carbons (Fsp3) is 0.0769. The summed E-state index contributed by atoms with van der Waals surface area (Å²) in [5.41, 5.74) is -0.259. The van der Waals surface area contributed by atoms with Gasteiger partial charge in [0.05, 0.1) is 18.2 Å². The van der Waals surface area contributed by atoms with Crippen LogP contribution in [-0.4, -0.2) is 17.9 Å². The lowest BCUT2D eigenvalue weighted by Gasteiger charge is -2.06. The molecule has 0 radical (unpaired) electrons. The lowest BCUT2D eigenvalue weighted by Crippen LogP contribution is -2.08. The number of ether oxygens (including phenoxy) is 1. The Morgan fingerprint density at radius 3 is 2.61 bits per heavy atom. The molecule has 5 heteroatoms. The van der Waals surface area contributed by atoms with E-state index in [0.717, 1.165) is 6.07 Å². The van der Waals surface area contributed by atoms with Crippen LogP contribution < -0.4 is 4.74 Å². The Morgan fingerprint density at radius 2 is 1.89 bits per heavy atom. The number of hydrogen-bond donors (Lipinski definition) is 0. The fourth-order valence-electron chi connectivity index (χ4n) is 1.55. The minimum atomic E-state index is -1.17. The molecule has 0 N–H and O–H groups in total. The van der Waals surface area contributed by atoms with Crippen molar-refractivity contribution >= 4 is 5.78 Å². The Hall–Kier alpha value is -2.30. The lowest BCUT2D eigenvalue weighted by atomic mass is 10.0. The number of rotatable bonds is 3. The fourth-order valence-corrected chi connectivity index (χ4v) is 1.55. The first kappa shape index (κ1) is 12.2. The summed E-state index contributed by atoms with van der Waals surface area (Å²) in [5.74, 6) is -2.83. The summed E-state index contributed by atoms with van der Waals surface area (Å²) in [6.45, 7) is 0. The second-order valence-corrected chi connectivity index (χ2v) is 3.49. The van der Waals surface area contributed by atoms with Crippen LogP contribution >= 0.6 is 0 Å². The van der Waals surface area contributed by atoms with Gasteiger partial charge in [-0.05, 0) is 24.3 Å². The molecule has 0 aliphatic carbocycles. The highest BCUT2D eigenvalue weighted by atomic mass is 19.2. The molecule has 0 fully saturated rings. The number of benzene rings is 1. The average molecular weight is 249 g/mol. The van der Waals surface area contributed by atoms with E-state index in [1.54, 1.807) is 0 Å². The highest BCUT2D eigenvalue weighted by molar-refractivity contribution is 6.10. The molecule has 0 unspecified atom stereocenters. The summed E-state index contributed by atoms with van der Waals surface area (Å²) < 4.78 is 31.5. The number of carbonyl (C=O) groups is 1. The molecule has 0 amide bonds. The van der Waals surface area contributed by atoms with Crippen LogP contribution in [0.25, 0.3) is 0 Å². The van der Waals surface area contributed by atoms with Crippen molar-refractivity contribution in [2.45, 2.75) is 0 Å². The Kier molecular flexibility index (Phi) is 3.32. The van der Waals surface area contributed by atoms with Gasteiger partial charge in [-0.1, -0.05) is 6.07 Å². The third kappa shape index (κ3) is 2.07. The van der Waals surface area contributed by atoms with Gasteiger partial charge >= 0.3 is 0 Å². The minimum absolute atomic E-state index is 0.0751. The van der Waals surface area contributed by atoms with Crippen molar-refractivity contribution in [2.75, 3.05) is 7.11 Å². The van der Waals surface area contributed by atoms with Crippen molar-refractivity contribution in [3.8, 4) is 5.88 Å². The van der Waals surface area contributed by atoms with Crippen molar-refractivity contribution in [1.29, 1.82) is 0 Å². The number of hydrogen-bond acceptors (Lipinski definition) is 3. The molecular weight excluding hydrogens is 240 g/mol. The molecule has 1 heterocycles. The van der Waals surface area contributed by atoms with Crippen LogP contribution in [0.4, 0.5) is 8.78 Å². The van der Waals surface area contributed by atoms with Gasteiger partial charge in [0.2, 0.25) is 11.7 Å². The van der Waals surface area contributed by atoms with Crippen LogP contribution in [0.15, 0.2) is 36.5 Å². The molecule has 92 valence electrons. The van der Waals surface area contributed by atoms with Gasteiger partial charge in [0.25, 0.3) is 0 Å². The van der Waals surface area contributed by atoms with Crippen molar-refractivity contribution < 1.29 is 18.3 Å². The van der Waals surface area contributed by atoms with Gasteiger partial charge in [-0.15, -0.1) is 0 Å². The number of halogens is 2. The molecule has 0 bridgehead atoms. The molecule has 0 atom stereocenters. The first-order valence-corrected chi connectivity index (χ1v) is 5.13. The maximum Gasteiger partial charge on any atom is 0.224 e. The first-order chi connectivity index (χ1) is 8.65. The van der Waals surface area contributed by atoms with Gasteiger partial charge in [0, 0.05) is 6.20 Å². The van der Waals surface area contributed by atoms with Crippen molar-refractivity contribution in [2.24, 2.45) is 0 Å². The SMILES string of the molecule is COc1ncccc1C(=O)c1cccc(F)c1F. The molecule has 1 aromatic carbocycles. The number of aromatic nitrogens is 1. The normalized spacial score (nSPS) is 10.2. The standard InChI is InChI=1S/C13H9F2NO2/c1-18-13-9(5-3-7-16-13)12(17)8-4-2-6-10(14)11(8)15/h2-7H,1H3. The van der Waals surface area contributed by atoms with E-state index in [2.05, 4.69) is 4.98 Å². The number of ketones is 1. The van der Waals surface area contributed by atoms with E-state index in [4.69, 9.17) is 4.74 Å². The summed E-state index contributed by atoms with van der Waals surface area (Å²) in [6, 6.07) is 6.40. The van der Waals surface area contributed by atoms with Gasteiger partial charge < -0.3 is 4.74 Å². The zero-order chi connectivity index (χ0) is 13.1. The molecule has 1 aromatic heterocycles. The molecule has 2 rings (SSSR count). The van der Waals surface area contributed by atoms with E-state index in [1.807, 2.05) is 0 Å². The molecule has 3 nitrogen and oxygen atoms in total. The monoisotopic (exact) mass is 249 g/mol. The lowest BCUT2D eigenvalue weighted by molar-refractivity contribution is 0.103. The quantitative estimate of drug-likeness (QED) is 0.785. The Morgan fingerprint density at radius 1 is 1.17 bits per heavy atom. The first-order valence-electron chi connectivity index (χ1n) is 5.13. The molecule has 0 spiro atoms. The molecule has 0 aliphatic heterocycles. The van der Waals surface area contributed by atoms with Gasteiger partial charge in [-0.3, -0.25) is 4.79 Å². The average Bonchev–Trinajstić information content (AvgIpc) is 2.41. The molecule has 0 aliphatic rings. The van der Waals surface area contributed by atoms with Crippen LogP contribution in [0.3, 0.4) is 0 Å². The highest BCUT2D eigenvalue weighted by Gasteiger charge is 2.20. The number of methoxy groups -OCH3 is 1. The van der Waals surface area contributed by atoms with Crippen LogP contribution in [0, 0.1) is 11.6 Å². The molecular formula is C13H9F2NO2. The highest BCUT2D eigenvalue weighted by Crippen LogP contribution is 2.21. The Labute approximate surface area is 102 Å². The van der Waals surface area contributed by atoms with E-state index in [9.17, 15) is 13.6 Å². The molecule has 0 saturated heterocycles. The van der Waals surface area contributed by atoms with Crippen LogP contribution in [0.5, 0.6) is 5.88 Å². The maximum atomic E-state index is 13.5. The van der Waals surface area contributed by atoms with Crippen LogP contribution in [0.1, 0.15) is 15.9 Å². The van der Waals surface area contributed by atoms with E-state index in [0.29, 0.717) is 0 Å². The van der Waals surface area contributed by atoms with Crippen molar-refractivity contribution in [1.82, 2.24) is 4.98 Å². The summed E-state index contributed by atoms with van der Waals surface area (Å²) in [5, 5.41) is 0. The van der Waals surface area contributed by atoms with Gasteiger partial charge in [0.15, 0.2) is 11.6 Å². The predicted octanol–water partition coefficient (Wildman–Crippen LogP) is 2.60. The molecule has 18 heavy (non-hydrogen) atoms. The van der Waals surface area contributed by atoms with Crippen LogP contribution in [0.2, 0.25) is 0 Å². The maximum absolute atomic E-state index is 13.5. The van der Waals surface area contributed by atoms with Crippen molar-refractivity contribution in [3.63, 3.8) is 0 Å². The third-order valence-electron chi connectivity index (χ3n) is 2.41. The summed E-state index contributed by atoms with van der Waals surface area (Å²) in [6.07, 6.45) is 1.44. The number of nitrogens with zero attached hydrogens (tertiary/aromatic N) is 1. The Bertz CT molecular complexity index is 599.